The Labute approximate surface area is 169 Å². The second-order valence-electron chi connectivity index (χ2n) is 7.10. The van der Waals surface area contributed by atoms with Crippen LogP contribution in [0, 0.1) is 5.82 Å². The van der Waals surface area contributed by atoms with E-state index in [1.54, 1.807) is 12.1 Å². The highest BCUT2D eigenvalue weighted by atomic mass is 19.1. The Balaban J connectivity index is 1.71. The van der Waals surface area contributed by atoms with Crippen molar-refractivity contribution >= 4 is 17.8 Å². The third kappa shape index (κ3) is 4.45. The highest BCUT2D eigenvalue weighted by Crippen LogP contribution is 2.34. The van der Waals surface area contributed by atoms with Crippen molar-refractivity contribution in [2.45, 2.75) is 38.3 Å². The number of nitrogens with zero attached hydrogens (tertiary/aromatic N) is 1. The minimum absolute atomic E-state index is 0.183. The van der Waals surface area contributed by atoms with Gasteiger partial charge in [-0.3, -0.25) is 14.5 Å². The molecule has 0 aromatic heterocycles. The number of imide groups is 1. The first-order valence-corrected chi connectivity index (χ1v) is 9.67. The van der Waals surface area contributed by atoms with Crippen molar-refractivity contribution < 1.29 is 18.8 Å². The van der Waals surface area contributed by atoms with Gasteiger partial charge in [-0.05, 0) is 29.7 Å². The van der Waals surface area contributed by atoms with Gasteiger partial charge >= 0.3 is 6.03 Å². The molecule has 1 aliphatic heterocycles. The molecule has 1 heterocycles. The number of unbranched alkanes of at least 4 members (excludes halogenated alkanes) is 1. The van der Waals surface area contributed by atoms with Crippen molar-refractivity contribution in [3.8, 4) is 0 Å². The summed E-state index contributed by atoms with van der Waals surface area (Å²) < 4.78 is 13.0. The van der Waals surface area contributed by atoms with Gasteiger partial charge in [0.1, 0.15) is 17.9 Å². The standard InChI is InChI=1S/C22H24FN3O3/c1-2-3-13-22(17-7-5-4-6-8-17)20(28)26(21(29)25-22)15-19(27)24-14-16-9-11-18(23)12-10-16/h4-12H,2-3,13-15H2,1H3,(H,24,27)(H,25,29). The molecule has 6 nitrogen and oxygen atoms in total. The van der Waals surface area contributed by atoms with E-state index in [1.165, 1.54) is 12.1 Å². The van der Waals surface area contributed by atoms with E-state index in [2.05, 4.69) is 10.6 Å². The molecule has 2 N–H and O–H groups in total. The Morgan fingerprint density at radius 2 is 1.79 bits per heavy atom. The average molecular weight is 397 g/mol. The van der Waals surface area contributed by atoms with Crippen LogP contribution in [0.2, 0.25) is 0 Å². The van der Waals surface area contributed by atoms with Gasteiger partial charge in [0, 0.05) is 6.54 Å². The Kier molecular flexibility index (Phi) is 6.26. The van der Waals surface area contributed by atoms with E-state index in [-0.39, 0.29) is 18.9 Å². The van der Waals surface area contributed by atoms with Gasteiger partial charge in [-0.2, -0.15) is 0 Å². The molecular weight excluding hydrogens is 373 g/mol. The van der Waals surface area contributed by atoms with Crippen molar-refractivity contribution in [3.05, 3.63) is 71.5 Å². The van der Waals surface area contributed by atoms with Crippen LogP contribution >= 0.6 is 0 Å². The second kappa shape index (κ2) is 8.86. The van der Waals surface area contributed by atoms with E-state index in [0.29, 0.717) is 12.0 Å². The molecule has 4 amide bonds. The van der Waals surface area contributed by atoms with Crippen molar-refractivity contribution in [3.63, 3.8) is 0 Å². The molecule has 1 atom stereocenters. The average Bonchev–Trinajstić information content (AvgIpc) is 2.97. The van der Waals surface area contributed by atoms with Crippen LogP contribution in [0.25, 0.3) is 0 Å². The summed E-state index contributed by atoms with van der Waals surface area (Å²) in [6.07, 6.45) is 2.09. The smallest absolute Gasteiger partial charge is 0.325 e. The van der Waals surface area contributed by atoms with Gasteiger partial charge < -0.3 is 10.6 Å². The number of benzene rings is 2. The number of hydrogen-bond acceptors (Lipinski definition) is 3. The van der Waals surface area contributed by atoms with Crippen LogP contribution < -0.4 is 10.6 Å². The maximum Gasteiger partial charge on any atom is 0.325 e. The van der Waals surface area contributed by atoms with Crippen molar-refractivity contribution in [2.24, 2.45) is 0 Å². The number of urea groups is 1. The van der Waals surface area contributed by atoms with Crippen LogP contribution in [0.3, 0.4) is 0 Å². The van der Waals surface area contributed by atoms with Gasteiger partial charge in [-0.1, -0.05) is 62.2 Å². The maximum atomic E-state index is 13.2. The summed E-state index contributed by atoms with van der Waals surface area (Å²) in [5.41, 5.74) is 0.283. The quantitative estimate of drug-likeness (QED) is 0.672. The topological polar surface area (TPSA) is 78.5 Å². The SMILES string of the molecule is CCCCC1(c2ccccc2)NC(=O)N(CC(=O)NCc2ccc(F)cc2)C1=O. The largest absolute Gasteiger partial charge is 0.350 e. The van der Waals surface area contributed by atoms with Crippen LogP contribution in [0.4, 0.5) is 9.18 Å². The third-order valence-corrected chi connectivity index (χ3v) is 5.05. The van der Waals surface area contributed by atoms with Crippen molar-refractivity contribution in [1.82, 2.24) is 15.5 Å². The molecule has 0 saturated carbocycles. The highest BCUT2D eigenvalue weighted by Gasteiger charge is 2.52. The number of nitrogens with one attached hydrogen (secondary N) is 2. The molecule has 3 rings (SSSR count). The van der Waals surface area contributed by atoms with Gasteiger partial charge in [0.25, 0.3) is 5.91 Å². The molecule has 29 heavy (non-hydrogen) atoms. The first kappa shape index (κ1) is 20.5. The van der Waals surface area contributed by atoms with E-state index >= 15 is 0 Å². The van der Waals surface area contributed by atoms with Gasteiger partial charge in [-0.15, -0.1) is 0 Å². The van der Waals surface area contributed by atoms with E-state index in [1.807, 2.05) is 37.3 Å². The third-order valence-electron chi connectivity index (χ3n) is 5.05. The zero-order chi connectivity index (χ0) is 20.9. The lowest BCUT2D eigenvalue weighted by atomic mass is 9.85. The summed E-state index contributed by atoms with van der Waals surface area (Å²) in [6.45, 7) is 1.83. The predicted octanol–water partition coefficient (Wildman–Crippen LogP) is 3.08. The summed E-state index contributed by atoms with van der Waals surface area (Å²) in [7, 11) is 0. The molecular formula is C22H24FN3O3. The molecule has 0 bridgehead atoms. The summed E-state index contributed by atoms with van der Waals surface area (Å²) in [5.74, 6) is -1.24. The van der Waals surface area contributed by atoms with Gasteiger partial charge in [0.15, 0.2) is 0 Å². The Morgan fingerprint density at radius 3 is 2.45 bits per heavy atom. The summed E-state index contributed by atoms with van der Waals surface area (Å²) in [5, 5.41) is 5.48. The van der Waals surface area contributed by atoms with Crippen molar-refractivity contribution in [2.75, 3.05) is 6.54 Å². The molecule has 152 valence electrons. The minimum Gasteiger partial charge on any atom is -0.350 e. The number of rotatable bonds is 8. The predicted molar refractivity (Wildman–Crippen MR) is 106 cm³/mol. The molecule has 1 unspecified atom stereocenters. The van der Waals surface area contributed by atoms with Crippen LogP contribution in [-0.2, 0) is 21.7 Å². The summed E-state index contributed by atoms with van der Waals surface area (Å²) in [4.78, 5) is 39.1. The Morgan fingerprint density at radius 1 is 1.10 bits per heavy atom. The molecule has 2 aromatic rings. The Bertz CT molecular complexity index is 886. The first-order chi connectivity index (χ1) is 14.0. The molecule has 1 aliphatic rings. The number of amides is 4. The van der Waals surface area contributed by atoms with Crippen molar-refractivity contribution in [1.29, 1.82) is 0 Å². The fraction of sp³-hybridized carbons (Fsp3) is 0.318. The first-order valence-electron chi connectivity index (χ1n) is 9.67. The lowest BCUT2D eigenvalue weighted by Gasteiger charge is -2.27. The van der Waals surface area contributed by atoms with Gasteiger partial charge in [-0.25, -0.2) is 9.18 Å². The fourth-order valence-electron chi connectivity index (χ4n) is 3.45. The summed E-state index contributed by atoms with van der Waals surface area (Å²) in [6, 6.07) is 14.3. The van der Waals surface area contributed by atoms with Crippen LogP contribution in [-0.4, -0.2) is 29.3 Å². The fourth-order valence-corrected chi connectivity index (χ4v) is 3.45. The normalized spacial score (nSPS) is 18.6. The van der Waals surface area contributed by atoms with Gasteiger partial charge in [0.2, 0.25) is 5.91 Å². The molecule has 0 radical (unpaired) electrons. The molecule has 7 heteroatoms. The highest BCUT2D eigenvalue weighted by molar-refractivity contribution is 6.09. The van der Waals surface area contributed by atoms with E-state index in [9.17, 15) is 18.8 Å². The molecule has 0 spiro atoms. The molecule has 2 aromatic carbocycles. The zero-order valence-electron chi connectivity index (χ0n) is 16.3. The molecule has 1 saturated heterocycles. The molecule has 1 fully saturated rings. The second-order valence-corrected chi connectivity index (χ2v) is 7.10. The zero-order valence-corrected chi connectivity index (χ0v) is 16.3. The number of carbonyl (C=O) groups is 3. The minimum atomic E-state index is -1.15. The van der Waals surface area contributed by atoms with E-state index in [4.69, 9.17) is 0 Å². The lowest BCUT2D eigenvalue weighted by molar-refractivity contribution is -0.135. The van der Waals surface area contributed by atoms with Crippen LogP contribution in [0.5, 0.6) is 0 Å². The number of carbonyl (C=O) groups excluding carboxylic acids is 3. The number of hydrogen-bond donors (Lipinski definition) is 2. The lowest BCUT2D eigenvalue weighted by Crippen LogP contribution is -2.45. The van der Waals surface area contributed by atoms with Crippen LogP contribution in [0.15, 0.2) is 54.6 Å². The molecule has 0 aliphatic carbocycles. The van der Waals surface area contributed by atoms with E-state index < -0.39 is 23.4 Å². The number of halogens is 1. The monoisotopic (exact) mass is 397 g/mol. The Hall–Kier alpha value is -3.22. The maximum absolute atomic E-state index is 13.2. The summed E-state index contributed by atoms with van der Waals surface area (Å²) >= 11 is 0. The van der Waals surface area contributed by atoms with E-state index in [0.717, 1.165) is 23.3 Å². The van der Waals surface area contributed by atoms with Gasteiger partial charge in [0.05, 0.1) is 0 Å². The van der Waals surface area contributed by atoms with Crippen LogP contribution in [0.1, 0.15) is 37.3 Å².